The van der Waals surface area contributed by atoms with Gasteiger partial charge < -0.3 is 4.74 Å². The topological polar surface area (TPSA) is 22.1 Å². The number of pyridine rings is 1. The molecule has 0 aliphatic carbocycles. The Morgan fingerprint density at radius 1 is 1.00 bits per heavy atom. The van der Waals surface area contributed by atoms with Gasteiger partial charge in [-0.3, -0.25) is 4.98 Å². The van der Waals surface area contributed by atoms with E-state index in [4.69, 9.17) is 4.74 Å². The van der Waals surface area contributed by atoms with Crippen LogP contribution in [0.4, 0.5) is 0 Å². The Kier molecular flexibility index (Phi) is 3.10. The minimum absolute atomic E-state index is 0.0765. The Morgan fingerprint density at radius 3 is 2.33 bits per heavy atom. The molecule has 0 amide bonds. The molecule has 0 unspecified atom stereocenters. The molecule has 2 heteroatoms. The third-order valence-electron chi connectivity index (χ3n) is 2.29. The third-order valence-corrected chi connectivity index (χ3v) is 2.29. The summed E-state index contributed by atoms with van der Waals surface area (Å²) in [5, 5.41) is 0. The van der Waals surface area contributed by atoms with E-state index >= 15 is 0 Å². The van der Waals surface area contributed by atoms with Gasteiger partial charge in [-0.25, -0.2) is 0 Å². The Labute approximate surface area is 89.6 Å². The highest BCUT2D eigenvalue weighted by molar-refractivity contribution is 5.25. The van der Waals surface area contributed by atoms with Crippen LogP contribution in [0.15, 0.2) is 54.7 Å². The Bertz CT molecular complexity index is 360. The van der Waals surface area contributed by atoms with Crippen molar-refractivity contribution in [2.45, 2.75) is 6.10 Å². The van der Waals surface area contributed by atoms with Gasteiger partial charge >= 0.3 is 0 Å². The van der Waals surface area contributed by atoms with Crippen LogP contribution in [0.2, 0.25) is 0 Å². The largest absolute Gasteiger partial charge is 0.370 e. The second kappa shape index (κ2) is 4.71. The summed E-state index contributed by atoms with van der Waals surface area (Å²) in [6.45, 7) is 0. The van der Waals surface area contributed by atoms with E-state index in [-0.39, 0.29) is 6.10 Å². The molecule has 1 aromatic heterocycles. The summed E-state index contributed by atoms with van der Waals surface area (Å²) in [6.07, 6.45) is 1.71. The maximum Gasteiger partial charge on any atom is 0.124 e. The summed E-state index contributed by atoms with van der Waals surface area (Å²) in [7, 11) is 1.70. The zero-order valence-corrected chi connectivity index (χ0v) is 8.63. The quantitative estimate of drug-likeness (QED) is 0.758. The van der Waals surface area contributed by atoms with Crippen molar-refractivity contribution in [3.63, 3.8) is 0 Å². The van der Waals surface area contributed by atoms with Crippen LogP contribution in [0, 0.1) is 0 Å². The van der Waals surface area contributed by atoms with Crippen LogP contribution in [0.3, 0.4) is 0 Å². The second-order valence-corrected chi connectivity index (χ2v) is 3.28. The van der Waals surface area contributed by atoms with Crippen LogP contribution in [-0.2, 0) is 4.74 Å². The molecular formula is C13H13NO. The molecule has 15 heavy (non-hydrogen) atoms. The number of hydrogen-bond acceptors (Lipinski definition) is 2. The maximum absolute atomic E-state index is 5.46. The van der Waals surface area contributed by atoms with E-state index in [1.54, 1.807) is 13.3 Å². The molecule has 0 aliphatic heterocycles. The molecule has 0 N–H and O–H groups in total. The van der Waals surface area contributed by atoms with Crippen LogP contribution < -0.4 is 0 Å². The molecule has 1 aromatic carbocycles. The molecule has 0 aliphatic rings. The summed E-state index contributed by atoms with van der Waals surface area (Å²) < 4.78 is 5.46. The van der Waals surface area contributed by atoms with Crippen molar-refractivity contribution in [2.75, 3.05) is 7.11 Å². The van der Waals surface area contributed by atoms with Gasteiger partial charge in [0.2, 0.25) is 0 Å². The molecule has 2 aromatic rings. The van der Waals surface area contributed by atoms with Crippen molar-refractivity contribution in [1.29, 1.82) is 0 Å². The summed E-state index contributed by atoms with van der Waals surface area (Å²) >= 11 is 0. The molecular weight excluding hydrogens is 186 g/mol. The summed E-state index contributed by atoms with van der Waals surface area (Å²) in [4.78, 5) is 4.30. The summed E-state index contributed by atoms with van der Waals surface area (Å²) in [5.74, 6) is 0. The first-order valence-electron chi connectivity index (χ1n) is 4.90. The van der Waals surface area contributed by atoms with Crippen LogP contribution in [-0.4, -0.2) is 12.1 Å². The number of methoxy groups -OCH3 is 1. The van der Waals surface area contributed by atoms with Gasteiger partial charge in [0.1, 0.15) is 6.10 Å². The van der Waals surface area contributed by atoms with E-state index < -0.39 is 0 Å². The molecule has 1 atom stereocenters. The fourth-order valence-corrected chi connectivity index (χ4v) is 1.59. The van der Waals surface area contributed by atoms with Crippen molar-refractivity contribution < 1.29 is 4.74 Å². The molecule has 2 rings (SSSR count). The fourth-order valence-electron chi connectivity index (χ4n) is 1.59. The van der Waals surface area contributed by atoms with Gasteiger partial charge in [-0.15, -0.1) is 0 Å². The fraction of sp³-hybridized carbons (Fsp3) is 0.154. The highest BCUT2D eigenvalue weighted by Gasteiger charge is 2.12. The van der Waals surface area contributed by atoms with Crippen LogP contribution in [0.25, 0.3) is 0 Å². The SMILES string of the molecule is CO[C@H](c1ccccc1)c1ccccn1. The number of ether oxygens (including phenoxy) is 1. The number of rotatable bonds is 3. The van der Waals surface area contributed by atoms with Crippen molar-refractivity contribution >= 4 is 0 Å². The standard InChI is InChI=1S/C13H13NO/c1-15-13(11-7-3-2-4-8-11)12-9-5-6-10-14-12/h2-10,13H,1H3/t13-/m1/s1. The Balaban J connectivity index is 2.34. The van der Waals surface area contributed by atoms with E-state index in [0.717, 1.165) is 11.3 Å². The minimum atomic E-state index is -0.0765. The lowest BCUT2D eigenvalue weighted by Gasteiger charge is -2.14. The maximum atomic E-state index is 5.46. The van der Waals surface area contributed by atoms with Crippen LogP contribution in [0.1, 0.15) is 17.4 Å². The Morgan fingerprint density at radius 2 is 1.73 bits per heavy atom. The van der Waals surface area contributed by atoms with E-state index in [1.807, 2.05) is 48.5 Å². The van der Waals surface area contributed by atoms with Crippen LogP contribution in [0.5, 0.6) is 0 Å². The minimum Gasteiger partial charge on any atom is -0.370 e. The monoisotopic (exact) mass is 199 g/mol. The average Bonchev–Trinajstić information content (AvgIpc) is 2.33. The second-order valence-electron chi connectivity index (χ2n) is 3.28. The zero-order chi connectivity index (χ0) is 10.5. The molecule has 2 nitrogen and oxygen atoms in total. The lowest BCUT2D eigenvalue weighted by molar-refractivity contribution is 0.133. The van der Waals surface area contributed by atoms with Crippen molar-refractivity contribution in [3.8, 4) is 0 Å². The number of aromatic nitrogens is 1. The first-order chi connectivity index (χ1) is 7.42. The number of nitrogens with zero attached hydrogens (tertiary/aromatic N) is 1. The van der Waals surface area contributed by atoms with Crippen molar-refractivity contribution in [3.05, 3.63) is 66.0 Å². The zero-order valence-electron chi connectivity index (χ0n) is 8.63. The molecule has 0 saturated carbocycles. The highest BCUT2D eigenvalue weighted by atomic mass is 16.5. The normalized spacial score (nSPS) is 12.3. The predicted molar refractivity (Wildman–Crippen MR) is 59.5 cm³/mol. The average molecular weight is 199 g/mol. The van der Waals surface area contributed by atoms with Gasteiger partial charge in [-0.2, -0.15) is 0 Å². The first-order valence-corrected chi connectivity index (χ1v) is 4.90. The predicted octanol–water partition coefficient (Wildman–Crippen LogP) is 2.82. The van der Waals surface area contributed by atoms with Gasteiger partial charge in [-0.1, -0.05) is 36.4 Å². The van der Waals surface area contributed by atoms with E-state index in [0.29, 0.717) is 0 Å². The van der Waals surface area contributed by atoms with Gasteiger partial charge in [0, 0.05) is 13.3 Å². The highest BCUT2D eigenvalue weighted by Crippen LogP contribution is 2.22. The molecule has 0 fully saturated rings. The molecule has 76 valence electrons. The molecule has 0 bridgehead atoms. The molecule has 1 heterocycles. The number of hydrogen-bond donors (Lipinski definition) is 0. The van der Waals surface area contributed by atoms with E-state index in [2.05, 4.69) is 4.98 Å². The van der Waals surface area contributed by atoms with Gasteiger partial charge in [-0.05, 0) is 17.7 Å². The van der Waals surface area contributed by atoms with E-state index in [9.17, 15) is 0 Å². The number of benzene rings is 1. The lowest BCUT2D eigenvalue weighted by Crippen LogP contribution is -2.04. The third kappa shape index (κ3) is 2.22. The smallest absolute Gasteiger partial charge is 0.124 e. The van der Waals surface area contributed by atoms with Crippen LogP contribution >= 0.6 is 0 Å². The van der Waals surface area contributed by atoms with Gasteiger partial charge in [0.15, 0.2) is 0 Å². The lowest BCUT2D eigenvalue weighted by atomic mass is 10.1. The van der Waals surface area contributed by atoms with Crippen molar-refractivity contribution in [2.24, 2.45) is 0 Å². The van der Waals surface area contributed by atoms with Gasteiger partial charge in [0.25, 0.3) is 0 Å². The Hall–Kier alpha value is -1.67. The van der Waals surface area contributed by atoms with E-state index in [1.165, 1.54) is 0 Å². The first kappa shape index (κ1) is 9.87. The summed E-state index contributed by atoms with van der Waals surface area (Å²) in [5.41, 5.74) is 2.06. The molecule has 0 radical (unpaired) electrons. The molecule has 0 spiro atoms. The van der Waals surface area contributed by atoms with Crippen molar-refractivity contribution in [1.82, 2.24) is 4.98 Å². The van der Waals surface area contributed by atoms with Gasteiger partial charge in [0.05, 0.1) is 5.69 Å². The molecule has 0 saturated heterocycles. The summed E-state index contributed by atoms with van der Waals surface area (Å²) in [6, 6.07) is 15.9.